The molecule has 0 spiro atoms. The largest absolute Gasteiger partial charge is 0.496 e. The summed E-state index contributed by atoms with van der Waals surface area (Å²) in [5, 5.41) is 5.74. The third-order valence-corrected chi connectivity index (χ3v) is 6.74. The minimum absolute atomic E-state index is 0.205. The summed E-state index contributed by atoms with van der Waals surface area (Å²) in [5.74, 6) is -1.01. The molecule has 182 valence electrons. The number of benzene rings is 1. The standard InChI is InChI=1S/C24H29N3O6S/c1-6-16-14(3)34-20(19(16)21(29)33-7-2)25-18(28)13-27-22(30)24(4,26-23(27)31)12-15-10-8-9-11-17(15)32-5/h8-11H,6-7,12-13H2,1-5H3,(H,25,28)(H,26,31). The molecule has 1 fully saturated rings. The van der Waals surface area contributed by atoms with Crippen molar-refractivity contribution in [3.05, 3.63) is 45.8 Å². The molecule has 1 aliphatic heterocycles. The monoisotopic (exact) mass is 487 g/mol. The Morgan fingerprint density at radius 2 is 1.91 bits per heavy atom. The van der Waals surface area contributed by atoms with Gasteiger partial charge < -0.3 is 20.1 Å². The van der Waals surface area contributed by atoms with Gasteiger partial charge in [-0.1, -0.05) is 25.1 Å². The van der Waals surface area contributed by atoms with Crippen LogP contribution in [0.25, 0.3) is 0 Å². The molecule has 1 aromatic heterocycles. The van der Waals surface area contributed by atoms with E-state index in [2.05, 4.69) is 10.6 Å². The van der Waals surface area contributed by atoms with Crippen LogP contribution in [-0.4, -0.2) is 54.5 Å². The van der Waals surface area contributed by atoms with Crippen LogP contribution in [0.5, 0.6) is 5.75 Å². The zero-order chi connectivity index (χ0) is 25.0. The van der Waals surface area contributed by atoms with Gasteiger partial charge in [0.1, 0.15) is 22.8 Å². The lowest BCUT2D eigenvalue weighted by Crippen LogP contribution is -2.46. The van der Waals surface area contributed by atoms with Crippen LogP contribution in [-0.2, 0) is 27.2 Å². The Kier molecular flexibility index (Phi) is 7.61. The second-order valence-corrected chi connectivity index (χ2v) is 9.33. The first-order chi connectivity index (χ1) is 16.1. The van der Waals surface area contributed by atoms with Crippen LogP contribution in [0.2, 0.25) is 0 Å². The molecule has 2 aromatic rings. The molecular formula is C24H29N3O6S. The molecule has 0 radical (unpaired) electrons. The van der Waals surface area contributed by atoms with E-state index in [4.69, 9.17) is 9.47 Å². The Bertz CT molecular complexity index is 1130. The van der Waals surface area contributed by atoms with E-state index in [9.17, 15) is 19.2 Å². The smallest absolute Gasteiger partial charge is 0.341 e. The number of urea groups is 1. The SMILES string of the molecule is CCOC(=O)c1c(NC(=O)CN2C(=O)NC(C)(Cc3ccccc3OC)C2=O)sc(C)c1CC. The highest BCUT2D eigenvalue weighted by atomic mass is 32.1. The van der Waals surface area contributed by atoms with Crippen LogP contribution >= 0.6 is 11.3 Å². The molecule has 3 rings (SSSR count). The molecule has 0 aliphatic carbocycles. The molecule has 0 bridgehead atoms. The Morgan fingerprint density at radius 1 is 1.21 bits per heavy atom. The van der Waals surface area contributed by atoms with Crippen LogP contribution in [0, 0.1) is 6.92 Å². The zero-order valence-electron chi connectivity index (χ0n) is 19.9. The number of carbonyl (C=O) groups is 4. The topological polar surface area (TPSA) is 114 Å². The highest BCUT2D eigenvalue weighted by Crippen LogP contribution is 2.34. The van der Waals surface area contributed by atoms with Gasteiger partial charge in [0.05, 0.1) is 19.3 Å². The van der Waals surface area contributed by atoms with Crippen molar-refractivity contribution in [1.82, 2.24) is 10.2 Å². The van der Waals surface area contributed by atoms with Crippen LogP contribution in [0.4, 0.5) is 9.80 Å². The Hall–Kier alpha value is -3.40. The summed E-state index contributed by atoms with van der Waals surface area (Å²) in [5.41, 5.74) is 0.654. The van der Waals surface area contributed by atoms with Crippen LogP contribution in [0.15, 0.2) is 24.3 Å². The minimum atomic E-state index is -1.23. The van der Waals surface area contributed by atoms with Crippen LogP contribution in [0.1, 0.15) is 47.1 Å². The molecule has 1 aromatic carbocycles. The maximum absolute atomic E-state index is 13.1. The molecule has 34 heavy (non-hydrogen) atoms. The van der Waals surface area contributed by atoms with Crippen molar-refractivity contribution in [2.45, 2.75) is 46.1 Å². The van der Waals surface area contributed by atoms with Gasteiger partial charge in [0.25, 0.3) is 5.91 Å². The summed E-state index contributed by atoms with van der Waals surface area (Å²) in [7, 11) is 1.54. The number of rotatable bonds is 9. The van der Waals surface area contributed by atoms with E-state index < -0.39 is 35.9 Å². The Morgan fingerprint density at radius 3 is 2.56 bits per heavy atom. The Balaban J connectivity index is 1.76. The number of nitrogens with one attached hydrogen (secondary N) is 2. The second-order valence-electron chi connectivity index (χ2n) is 8.11. The van der Waals surface area contributed by atoms with Gasteiger partial charge in [0.15, 0.2) is 0 Å². The average Bonchev–Trinajstić information content (AvgIpc) is 3.21. The number of thiophene rings is 1. The van der Waals surface area contributed by atoms with E-state index in [1.807, 2.05) is 32.0 Å². The van der Waals surface area contributed by atoms with E-state index in [1.165, 1.54) is 18.4 Å². The highest BCUT2D eigenvalue weighted by molar-refractivity contribution is 7.16. The predicted octanol–water partition coefficient (Wildman–Crippen LogP) is 3.30. The third kappa shape index (κ3) is 4.91. The number of ether oxygens (including phenoxy) is 2. The second kappa shape index (κ2) is 10.3. The van der Waals surface area contributed by atoms with Gasteiger partial charge in [-0.15, -0.1) is 11.3 Å². The number of methoxy groups -OCH3 is 1. The van der Waals surface area contributed by atoms with E-state index in [0.717, 1.165) is 20.9 Å². The number of imide groups is 1. The van der Waals surface area contributed by atoms with E-state index in [1.54, 1.807) is 19.9 Å². The normalized spacial score (nSPS) is 17.5. The molecule has 0 saturated carbocycles. The molecule has 4 amide bonds. The number of aryl methyl sites for hydroxylation is 1. The maximum Gasteiger partial charge on any atom is 0.341 e. The van der Waals surface area contributed by atoms with Gasteiger partial charge in [0.2, 0.25) is 5.91 Å². The molecule has 1 saturated heterocycles. The van der Waals surface area contributed by atoms with Gasteiger partial charge in [0, 0.05) is 11.3 Å². The number of nitrogens with zero attached hydrogens (tertiary/aromatic N) is 1. The van der Waals surface area contributed by atoms with Crippen LogP contribution in [0.3, 0.4) is 0 Å². The van der Waals surface area contributed by atoms with Gasteiger partial charge in [-0.25, -0.2) is 9.59 Å². The number of esters is 1. The molecule has 1 atom stereocenters. The van der Waals surface area contributed by atoms with E-state index in [-0.39, 0.29) is 13.0 Å². The van der Waals surface area contributed by atoms with Crippen molar-refractivity contribution in [3.8, 4) is 5.75 Å². The quantitative estimate of drug-likeness (QED) is 0.414. The summed E-state index contributed by atoms with van der Waals surface area (Å²) in [6.45, 7) is 6.83. The van der Waals surface area contributed by atoms with Crippen LogP contribution < -0.4 is 15.4 Å². The van der Waals surface area contributed by atoms with Crippen molar-refractivity contribution in [2.75, 3.05) is 25.6 Å². The maximum atomic E-state index is 13.1. The van der Waals surface area contributed by atoms with Crippen molar-refractivity contribution >= 4 is 40.2 Å². The molecule has 9 nitrogen and oxygen atoms in total. The molecule has 10 heteroatoms. The van der Waals surface area contributed by atoms with Crippen molar-refractivity contribution in [1.29, 1.82) is 0 Å². The lowest BCUT2D eigenvalue weighted by atomic mass is 9.92. The van der Waals surface area contributed by atoms with Crippen molar-refractivity contribution < 1.29 is 28.7 Å². The highest BCUT2D eigenvalue weighted by Gasteiger charge is 2.48. The number of anilines is 1. The molecular weight excluding hydrogens is 458 g/mol. The number of carbonyl (C=O) groups excluding carboxylic acids is 4. The van der Waals surface area contributed by atoms with E-state index in [0.29, 0.717) is 22.7 Å². The first-order valence-electron chi connectivity index (χ1n) is 11.0. The molecule has 2 N–H and O–H groups in total. The molecule has 1 aliphatic rings. The summed E-state index contributed by atoms with van der Waals surface area (Å²) in [6, 6.07) is 6.58. The number of para-hydroxylation sites is 1. The average molecular weight is 488 g/mol. The summed E-state index contributed by atoms with van der Waals surface area (Å²) in [6.07, 6.45) is 0.803. The first kappa shape index (κ1) is 25.2. The third-order valence-electron chi connectivity index (χ3n) is 5.68. The van der Waals surface area contributed by atoms with Gasteiger partial charge in [-0.3, -0.25) is 14.5 Å². The van der Waals surface area contributed by atoms with Crippen molar-refractivity contribution in [2.24, 2.45) is 0 Å². The van der Waals surface area contributed by atoms with Gasteiger partial charge >= 0.3 is 12.0 Å². The summed E-state index contributed by atoms with van der Waals surface area (Å²) >= 11 is 1.26. The summed E-state index contributed by atoms with van der Waals surface area (Å²) in [4.78, 5) is 52.8. The van der Waals surface area contributed by atoms with E-state index >= 15 is 0 Å². The number of hydrogen-bond acceptors (Lipinski definition) is 7. The molecule has 1 unspecified atom stereocenters. The van der Waals surface area contributed by atoms with Gasteiger partial charge in [-0.2, -0.15) is 0 Å². The fourth-order valence-electron chi connectivity index (χ4n) is 4.06. The number of amides is 4. The fourth-order valence-corrected chi connectivity index (χ4v) is 5.21. The number of hydrogen-bond donors (Lipinski definition) is 2. The van der Waals surface area contributed by atoms with Gasteiger partial charge in [-0.05, 0) is 44.4 Å². The molecule has 2 heterocycles. The fraction of sp³-hybridized carbons (Fsp3) is 0.417. The first-order valence-corrected chi connectivity index (χ1v) is 11.8. The Labute approximate surface area is 202 Å². The minimum Gasteiger partial charge on any atom is -0.496 e. The lowest BCUT2D eigenvalue weighted by molar-refractivity contribution is -0.133. The summed E-state index contributed by atoms with van der Waals surface area (Å²) < 4.78 is 10.5. The predicted molar refractivity (Wildman–Crippen MR) is 128 cm³/mol. The zero-order valence-corrected chi connectivity index (χ0v) is 20.8. The lowest BCUT2D eigenvalue weighted by Gasteiger charge is -2.22. The van der Waals surface area contributed by atoms with Crippen molar-refractivity contribution in [3.63, 3.8) is 0 Å².